The summed E-state index contributed by atoms with van der Waals surface area (Å²) in [7, 11) is 0. The minimum atomic E-state index is -0.0482. The molecule has 0 saturated carbocycles. The van der Waals surface area contributed by atoms with Gasteiger partial charge >= 0.3 is 0 Å². The molecule has 0 aliphatic rings. The van der Waals surface area contributed by atoms with Crippen LogP contribution in [-0.2, 0) is 5.41 Å². The number of thiophene rings is 1. The van der Waals surface area contributed by atoms with Gasteiger partial charge in [0.15, 0.2) is 0 Å². The van der Waals surface area contributed by atoms with E-state index in [4.69, 9.17) is 11.6 Å². The molecule has 1 atom stereocenters. The second-order valence-corrected chi connectivity index (χ2v) is 8.42. The van der Waals surface area contributed by atoms with Crippen LogP contribution in [0.25, 0.3) is 0 Å². The van der Waals surface area contributed by atoms with E-state index in [1.54, 1.807) is 0 Å². The molecule has 0 saturated heterocycles. The molecule has 0 bridgehead atoms. The molecule has 1 unspecified atom stereocenters. The normalized spacial score (nSPS) is 13.6. The molecule has 2 rings (SSSR count). The van der Waals surface area contributed by atoms with Gasteiger partial charge in [0.2, 0.25) is 0 Å². The second-order valence-electron chi connectivity index (χ2n) is 5.79. The number of benzene rings is 1. The highest BCUT2D eigenvalue weighted by atomic mass is 127. The van der Waals surface area contributed by atoms with Crippen LogP contribution in [-0.4, -0.2) is 0 Å². The largest absolute Gasteiger partial charge is 0.143 e. The minimum absolute atomic E-state index is 0.0482. The molecule has 0 fully saturated rings. The van der Waals surface area contributed by atoms with E-state index in [2.05, 4.69) is 80.6 Å². The zero-order chi connectivity index (χ0) is 14.2. The first-order chi connectivity index (χ1) is 8.80. The first kappa shape index (κ1) is 15.3. The fourth-order valence-electron chi connectivity index (χ4n) is 1.91. The highest BCUT2D eigenvalue weighted by Gasteiger charge is 2.21. The molecular formula is C16H18ClIS. The van der Waals surface area contributed by atoms with Crippen molar-refractivity contribution in [1.29, 1.82) is 0 Å². The minimum Gasteiger partial charge on any atom is -0.143 e. The van der Waals surface area contributed by atoms with E-state index in [1.165, 1.54) is 24.5 Å². The molecule has 0 radical (unpaired) electrons. The van der Waals surface area contributed by atoms with Crippen molar-refractivity contribution in [3.05, 3.63) is 54.8 Å². The summed E-state index contributed by atoms with van der Waals surface area (Å²) in [5.74, 6) is 0. The molecule has 1 aromatic carbocycles. The Balaban J connectivity index is 2.37. The lowest BCUT2D eigenvalue weighted by atomic mass is 9.95. The summed E-state index contributed by atoms with van der Waals surface area (Å²) in [5.41, 5.74) is 2.69. The van der Waals surface area contributed by atoms with Crippen LogP contribution in [0.3, 0.4) is 0 Å². The summed E-state index contributed by atoms with van der Waals surface area (Å²) in [6.07, 6.45) is 0. The maximum atomic E-state index is 6.68. The molecule has 2 aromatic rings. The third-order valence-electron chi connectivity index (χ3n) is 3.11. The van der Waals surface area contributed by atoms with E-state index in [9.17, 15) is 0 Å². The smallest absolute Gasteiger partial charge is 0.0938 e. The van der Waals surface area contributed by atoms with E-state index in [1.807, 2.05) is 11.3 Å². The first-order valence-corrected chi connectivity index (χ1v) is 8.63. The lowest BCUT2D eigenvalue weighted by Crippen LogP contribution is -2.07. The molecule has 0 N–H and O–H groups in total. The van der Waals surface area contributed by atoms with Gasteiger partial charge in [0.1, 0.15) is 0 Å². The predicted molar refractivity (Wildman–Crippen MR) is 94.6 cm³/mol. The van der Waals surface area contributed by atoms with Gasteiger partial charge in [-0.2, -0.15) is 0 Å². The standard InChI is InChI=1S/C16H18ClIS/c1-10-6-5-7-11(15(10)18)14(17)12-8-9-13(19-12)16(2,3)4/h5-9,14H,1-4H3. The lowest BCUT2D eigenvalue weighted by molar-refractivity contribution is 0.604. The summed E-state index contributed by atoms with van der Waals surface area (Å²) in [6, 6.07) is 10.7. The molecule has 1 aromatic heterocycles. The fraction of sp³-hybridized carbons (Fsp3) is 0.375. The van der Waals surface area contributed by atoms with Crippen molar-refractivity contribution < 1.29 is 0 Å². The average Bonchev–Trinajstić information content (AvgIpc) is 2.81. The van der Waals surface area contributed by atoms with E-state index < -0.39 is 0 Å². The molecule has 3 heteroatoms. The number of alkyl halides is 1. The predicted octanol–water partition coefficient (Wildman–Crippen LogP) is 6.29. The van der Waals surface area contributed by atoms with E-state index in [-0.39, 0.29) is 10.8 Å². The first-order valence-electron chi connectivity index (χ1n) is 6.30. The van der Waals surface area contributed by atoms with Crippen molar-refractivity contribution >= 4 is 45.5 Å². The number of hydrogen-bond acceptors (Lipinski definition) is 1. The topological polar surface area (TPSA) is 0 Å². The zero-order valence-electron chi connectivity index (χ0n) is 11.6. The summed E-state index contributed by atoms with van der Waals surface area (Å²) in [4.78, 5) is 2.62. The van der Waals surface area contributed by atoms with Gasteiger partial charge in [0.05, 0.1) is 5.38 Å². The Morgan fingerprint density at radius 1 is 1.16 bits per heavy atom. The van der Waals surface area contributed by atoms with Crippen molar-refractivity contribution in [2.45, 2.75) is 38.5 Å². The summed E-state index contributed by atoms with van der Waals surface area (Å²) < 4.78 is 1.27. The fourth-order valence-corrected chi connectivity index (χ4v) is 4.22. The van der Waals surface area contributed by atoms with Crippen LogP contribution in [0.5, 0.6) is 0 Å². The van der Waals surface area contributed by atoms with Crippen LogP contribution in [0.4, 0.5) is 0 Å². The van der Waals surface area contributed by atoms with Crippen LogP contribution in [0.1, 0.15) is 47.0 Å². The van der Waals surface area contributed by atoms with E-state index >= 15 is 0 Å². The van der Waals surface area contributed by atoms with Crippen molar-refractivity contribution in [2.75, 3.05) is 0 Å². The van der Waals surface area contributed by atoms with Crippen molar-refractivity contribution in [1.82, 2.24) is 0 Å². The van der Waals surface area contributed by atoms with Gasteiger partial charge in [-0.1, -0.05) is 39.0 Å². The van der Waals surface area contributed by atoms with Crippen LogP contribution in [0.15, 0.2) is 30.3 Å². The quantitative estimate of drug-likeness (QED) is 0.408. The maximum Gasteiger partial charge on any atom is 0.0938 e. The molecule has 0 nitrogen and oxygen atoms in total. The number of aryl methyl sites for hydroxylation is 1. The Morgan fingerprint density at radius 2 is 1.84 bits per heavy atom. The van der Waals surface area contributed by atoms with E-state index in [0.717, 1.165) is 0 Å². The van der Waals surface area contributed by atoms with Gasteiger partial charge in [-0.05, 0) is 58.2 Å². The average molecular weight is 405 g/mol. The highest BCUT2D eigenvalue weighted by molar-refractivity contribution is 14.1. The second kappa shape index (κ2) is 5.74. The van der Waals surface area contributed by atoms with Crippen molar-refractivity contribution in [2.24, 2.45) is 0 Å². The molecule has 0 amide bonds. The van der Waals surface area contributed by atoms with Gasteiger partial charge in [-0.3, -0.25) is 0 Å². The lowest BCUT2D eigenvalue weighted by Gasteiger charge is -2.16. The van der Waals surface area contributed by atoms with Crippen molar-refractivity contribution in [3.63, 3.8) is 0 Å². The van der Waals surface area contributed by atoms with Gasteiger partial charge in [-0.15, -0.1) is 22.9 Å². The third-order valence-corrected chi connectivity index (χ3v) is 6.76. The van der Waals surface area contributed by atoms with Crippen molar-refractivity contribution in [3.8, 4) is 0 Å². The maximum absolute atomic E-state index is 6.68. The van der Waals surface area contributed by atoms with Gasteiger partial charge < -0.3 is 0 Å². The molecule has 1 heterocycles. The Hall–Kier alpha value is -0.0600. The molecular weight excluding hydrogens is 387 g/mol. The third kappa shape index (κ3) is 3.34. The van der Waals surface area contributed by atoms with Crippen LogP contribution < -0.4 is 0 Å². The number of hydrogen-bond donors (Lipinski definition) is 0. The number of halogens is 2. The van der Waals surface area contributed by atoms with Gasteiger partial charge in [-0.25, -0.2) is 0 Å². The van der Waals surface area contributed by atoms with Crippen LogP contribution >= 0.6 is 45.5 Å². The molecule has 19 heavy (non-hydrogen) atoms. The summed E-state index contributed by atoms with van der Waals surface area (Å²) >= 11 is 10.9. The molecule has 102 valence electrons. The van der Waals surface area contributed by atoms with Gasteiger partial charge in [0, 0.05) is 13.3 Å². The summed E-state index contributed by atoms with van der Waals surface area (Å²) in [5, 5.41) is -0.0482. The number of rotatable bonds is 2. The van der Waals surface area contributed by atoms with Crippen LogP contribution in [0.2, 0.25) is 0 Å². The Morgan fingerprint density at radius 3 is 2.42 bits per heavy atom. The highest BCUT2D eigenvalue weighted by Crippen LogP contribution is 2.39. The zero-order valence-corrected chi connectivity index (χ0v) is 15.4. The molecule has 0 aliphatic heterocycles. The summed E-state index contributed by atoms with van der Waals surface area (Å²) in [6.45, 7) is 8.84. The SMILES string of the molecule is Cc1cccc(C(Cl)c2ccc(C(C)(C)C)s2)c1I. The Bertz CT molecular complexity index is 581. The molecule has 0 spiro atoms. The van der Waals surface area contributed by atoms with Gasteiger partial charge in [0.25, 0.3) is 0 Å². The Labute approximate surface area is 138 Å². The van der Waals surface area contributed by atoms with E-state index in [0.29, 0.717) is 0 Å². The van der Waals surface area contributed by atoms with Crippen LogP contribution in [0, 0.1) is 10.5 Å². The Kier molecular flexibility index (Phi) is 4.63. The monoisotopic (exact) mass is 404 g/mol. The molecule has 0 aliphatic carbocycles.